The van der Waals surface area contributed by atoms with Gasteiger partial charge in [0, 0.05) is 13.3 Å². The largest absolute Gasteiger partial charge is 0.479 e. The number of hydrogen-bond acceptors (Lipinski definition) is 4. The van der Waals surface area contributed by atoms with E-state index in [1.165, 1.54) is 6.92 Å². The molecule has 0 saturated carbocycles. The number of hydrogen-bond donors (Lipinski definition) is 2. The van der Waals surface area contributed by atoms with Gasteiger partial charge in [0.25, 0.3) is 0 Å². The molecule has 0 heterocycles. The van der Waals surface area contributed by atoms with Gasteiger partial charge >= 0.3 is 11.9 Å². The summed E-state index contributed by atoms with van der Waals surface area (Å²) in [6.45, 7) is 1.15. The Morgan fingerprint density at radius 1 is 1.55 bits per heavy atom. The Morgan fingerprint density at radius 2 is 2.09 bits per heavy atom. The maximum Gasteiger partial charge on any atom is 0.332 e. The number of carbonyl (C=O) groups excluding carboxylic acids is 1. The lowest BCUT2D eigenvalue weighted by Gasteiger charge is -2.04. The maximum atomic E-state index is 10.1. The molecule has 0 fully saturated rings. The lowest BCUT2D eigenvalue weighted by atomic mass is 10.3. The molecule has 0 radical (unpaired) electrons. The van der Waals surface area contributed by atoms with Crippen molar-refractivity contribution in [2.24, 2.45) is 0 Å². The second-order valence-electron chi connectivity index (χ2n) is 1.98. The van der Waals surface area contributed by atoms with E-state index >= 15 is 0 Å². The Kier molecular flexibility index (Phi) is 4.21. The molecular formula is C6H10O5. The van der Waals surface area contributed by atoms with Crippen LogP contribution in [0.2, 0.25) is 0 Å². The van der Waals surface area contributed by atoms with Gasteiger partial charge in [-0.05, 0) is 0 Å². The molecule has 0 aliphatic heterocycles. The number of esters is 1. The summed E-state index contributed by atoms with van der Waals surface area (Å²) in [6, 6.07) is 0. The molecule has 2 N–H and O–H groups in total. The summed E-state index contributed by atoms with van der Waals surface area (Å²) < 4.78 is 4.40. The van der Waals surface area contributed by atoms with Crippen LogP contribution in [0.3, 0.4) is 0 Å². The first-order valence-electron chi connectivity index (χ1n) is 3.08. The van der Waals surface area contributed by atoms with E-state index < -0.39 is 18.0 Å². The topological polar surface area (TPSA) is 83.8 Å². The lowest BCUT2D eigenvalue weighted by molar-refractivity contribution is -0.150. The van der Waals surface area contributed by atoms with E-state index in [2.05, 4.69) is 4.74 Å². The standard InChI is InChI=1S/C6H10O5/c1-4(7)11-3-2-5(8)6(9)10/h5,8H,2-3H2,1H3,(H,9,10)/t5-/m0/s1. The molecule has 0 aromatic carbocycles. The molecule has 5 heteroatoms. The number of carboxylic acids is 1. The molecule has 1 atom stereocenters. The summed E-state index contributed by atoms with van der Waals surface area (Å²) in [6.07, 6.45) is -1.52. The first kappa shape index (κ1) is 9.90. The number of aliphatic hydroxyl groups excluding tert-OH is 1. The van der Waals surface area contributed by atoms with Crippen molar-refractivity contribution in [2.75, 3.05) is 6.61 Å². The Hall–Kier alpha value is -1.10. The smallest absolute Gasteiger partial charge is 0.332 e. The molecule has 0 rings (SSSR count). The van der Waals surface area contributed by atoms with E-state index in [0.717, 1.165) is 0 Å². The Balaban J connectivity index is 3.39. The van der Waals surface area contributed by atoms with Crippen molar-refractivity contribution in [3.8, 4) is 0 Å². The summed E-state index contributed by atoms with van der Waals surface area (Å²) in [5, 5.41) is 16.8. The third kappa shape index (κ3) is 5.35. The van der Waals surface area contributed by atoms with Gasteiger partial charge < -0.3 is 14.9 Å². The van der Waals surface area contributed by atoms with Gasteiger partial charge in [-0.25, -0.2) is 4.79 Å². The first-order chi connectivity index (χ1) is 5.04. The molecule has 0 unspecified atom stereocenters. The van der Waals surface area contributed by atoms with Crippen molar-refractivity contribution in [3.05, 3.63) is 0 Å². The van der Waals surface area contributed by atoms with Gasteiger partial charge in [-0.3, -0.25) is 4.79 Å². The lowest BCUT2D eigenvalue weighted by Crippen LogP contribution is -2.21. The van der Waals surface area contributed by atoms with E-state index in [9.17, 15) is 9.59 Å². The molecule has 0 aliphatic carbocycles. The maximum absolute atomic E-state index is 10.1. The molecule has 0 amide bonds. The third-order valence-corrected chi connectivity index (χ3v) is 0.982. The highest BCUT2D eigenvalue weighted by molar-refractivity contribution is 5.71. The molecule has 0 bridgehead atoms. The predicted octanol–water partition coefficient (Wildman–Crippen LogP) is -0.615. The predicted molar refractivity (Wildman–Crippen MR) is 34.9 cm³/mol. The average molecular weight is 162 g/mol. The highest BCUT2D eigenvalue weighted by atomic mass is 16.5. The van der Waals surface area contributed by atoms with Gasteiger partial charge in [0.05, 0.1) is 6.61 Å². The average Bonchev–Trinajstić information content (AvgIpc) is 1.86. The van der Waals surface area contributed by atoms with Crippen LogP contribution < -0.4 is 0 Å². The minimum absolute atomic E-state index is 0.0667. The van der Waals surface area contributed by atoms with Crippen LogP contribution in [-0.2, 0) is 14.3 Å². The fourth-order valence-corrected chi connectivity index (χ4v) is 0.438. The Bertz CT molecular complexity index is 153. The summed E-state index contributed by atoms with van der Waals surface area (Å²) in [5.41, 5.74) is 0. The van der Waals surface area contributed by atoms with Crippen LogP contribution in [-0.4, -0.2) is 34.9 Å². The first-order valence-corrected chi connectivity index (χ1v) is 3.08. The highest BCUT2D eigenvalue weighted by Crippen LogP contribution is 1.92. The molecule has 0 aromatic rings. The fourth-order valence-electron chi connectivity index (χ4n) is 0.438. The van der Waals surface area contributed by atoms with Gasteiger partial charge in [-0.15, -0.1) is 0 Å². The van der Waals surface area contributed by atoms with Crippen molar-refractivity contribution in [1.29, 1.82) is 0 Å². The van der Waals surface area contributed by atoms with Crippen molar-refractivity contribution in [1.82, 2.24) is 0 Å². The fraction of sp³-hybridized carbons (Fsp3) is 0.667. The van der Waals surface area contributed by atoms with Crippen LogP contribution in [0.5, 0.6) is 0 Å². The van der Waals surface area contributed by atoms with Gasteiger partial charge in [0.2, 0.25) is 0 Å². The molecule has 0 aromatic heterocycles. The van der Waals surface area contributed by atoms with E-state index in [-0.39, 0.29) is 13.0 Å². The second kappa shape index (κ2) is 4.68. The molecule has 0 aliphatic rings. The minimum atomic E-state index is -1.45. The van der Waals surface area contributed by atoms with Crippen LogP contribution in [0.15, 0.2) is 0 Å². The summed E-state index contributed by atoms with van der Waals surface area (Å²) in [4.78, 5) is 20.1. The van der Waals surface area contributed by atoms with Crippen molar-refractivity contribution >= 4 is 11.9 Å². The quantitative estimate of drug-likeness (QED) is 0.538. The zero-order valence-corrected chi connectivity index (χ0v) is 6.11. The van der Waals surface area contributed by atoms with Gasteiger partial charge in [0.15, 0.2) is 6.10 Å². The SMILES string of the molecule is CC(=O)OCC[C@H](O)C(=O)O. The van der Waals surface area contributed by atoms with Crippen molar-refractivity contribution in [3.63, 3.8) is 0 Å². The van der Waals surface area contributed by atoms with E-state index in [0.29, 0.717) is 0 Å². The normalized spacial score (nSPS) is 12.2. The van der Waals surface area contributed by atoms with Crippen molar-refractivity contribution < 1.29 is 24.5 Å². The zero-order valence-electron chi connectivity index (χ0n) is 6.11. The molecule has 64 valence electrons. The number of carboxylic acid groups (broad SMARTS) is 1. The molecule has 0 spiro atoms. The summed E-state index contributed by atoms with van der Waals surface area (Å²) in [5.74, 6) is -1.79. The van der Waals surface area contributed by atoms with Crippen LogP contribution in [0.4, 0.5) is 0 Å². The number of aliphatic carboxylic acids is 1. The van der Waals surface area contributed by atoms with Crippen LogP contribution in [0.25, 0.3) is 0 Å². The van der Waals surface area contributed by atoms with Gasteiger partial charge in [-0.1, -0.05) is 0 Å². The highest BCUT2D eigenvalue weighted by Gasteiger charge is 2.12. The van der Waals surface area contributed by atoms with Gasteiger partial charge in [-0.2, -0.15) is 0 Å². The molecule has 11 heavy (non-hydrogen) atoms. The minimum Gasteiger partial charge on any atom is -0.479 e. The van der Waals surface area contributed by atoms with E-state index in [4.69, 9.17) is 10.2 Å². The van der Waals surface area contributed by atoms with Crippen LogP contribution >= 0.6 is 0 Å². The monoisotopic (exact) mass is 162 g/mol. The number of carbonyl (C=O) groups is 2. The zero-order chi connectivity index (χ0) is 8.85. The summed E-state index contributed by atoms with van der Waals surface area (Å²) in [7, 11) is 0. The van der Waals surface area contributed by atoms with Crippen LogP contribution in [0, 0.1) is 0 Å². The number of aliphatic hydroxyl groups is 1. The second-order valence-corrected chi connectivity index (χ2v) is 1.98. The number of rotatable bonds is 4. The van der Waals surface area contributed by atoms with E-state index in [1.807, 2.05) is 0 Å². The van der Waals surface area contributed by atoms with Gasteiger partial charge in [0.1, 0.15) is 0 Å². The molecular weight excluding hydrogens is 152 g/mol. The third-order valence-electron chi connectivity index (χ3n) is 0.982. The Morgan fingerprint density at radius 3 is 2.45 bits per heavy atom. The number of ether oxygens (including phenoxy) is 1. The Labute approximate surface area is 63.6 Å². The summed E-state index contributed by atoms with van der Waals surface area (Å²) >= 11 is 0. The molecule has 5 nitrogen and oxygen atoms in total. The molecule has 0 saturated heterocycles. The van der Waals surface area contributed by atoms with Crippen molar-refractivity contribution in [2.45, 2.75) is 19.4 Å². The van der Waals surface area contributed by atoms with Crippen LogP contribution in [0.1, 0.15) is 13.3 Å². The van der Waals surface area contributed by atoms with E-state index in [1.54, 1.807) is 0 Å².